The van der Waals surface area contributed by atoms with E-state index >= 15 is 0 Å². The number of hydrogen-bond acceptors (Lipinski definition) is 7. The van der Waals surface area contributed by atoms with E-state index in [1.807, 2.05) is 54.6 Å². The summed E-state index contributed by atoms with van der Waals surface area (Å²) in [5.41, 5.74) is 5.75. The zero-order chi connectivity index (χ0) is 24.5. The van der Waals surface area contributed by atoms with Crippen molar-refractivity contribution >= 4 is 22.3 Å². The largest absolute Gasteiger partial charge is 0.392 e. The zero-order valence-corrected chi connectivity index (χ0v) is 19.2. The van der Waals surface area contributed by atoms with Gasteiger partial charge in [0.15, 0.2) is 0 Å². The molecule has 0 unspecified atom stereocenters. The first-order valence-electron chi connectivity index (χ1n) is 11.6. The summed E-state index contributed by atoms with van der Waals surface area (Å²) in [7, 11) is 0. The van der Waals surface area contributed by atoms with E-state index in [1.165, 1.54) is 0 Å². The summed E-state index contributed by atoms with van der Waals surface area (Å²) in [6.07, 6.45) is 1.78. The minimum atomic E-state index is -0.519. The van der Waals surface area contributed by atoms with E-state index in [2.05, 4.69) is 9.88 Å². The number of pyridine rings is 1. The highest BCUT2D eigenvalue weighted by Crippen LogP contribution is 2.41. The molecule has 3 aromatic carbocycles. The van der Waals surface area contributed by atoms with E-state index in [9.17, 15) is 25.5 Å². The Morgan fingerprint density at radius 1 is 0.829 bits per heavy atom. The van der Waals surface area contributed by atoms with Gasteiger partial charge in [-0.1, -0.05) is 18.2 Å². The molecule has 0 fully saturated rings. The number of aliphatic hydroxyl groups excluding tert-OH is 5. The van der Waals surface area contributed by atoms with Crippen LogP contribution in [0.15, 0.2) is 60.8 Å². The van der Waals surface area contributed by atoms with Crippen LogP contribution in [0.1, 0.15) is 40.3 Å². The highest BCUT2D eigenvalue weighted by molar-refractivity contribution is 6.00. The average molecular weight is 473 g/mol. The highest BCUT2D eigenvalue weighted by atomic mass is 16.3. The summed E-state index contributed by atoms with van der Waals surface area (Å²) in [5, 5.41) is 52.1. The van der Waals surface area contributed by atoms with Crippen molar-refractivity contribution in [3.8, 4) is 11.1 Å². The number of benzene rings is 3. The quantitative estimate of drug-likeness (QED) is 0.292. The van der Waals surface area contributed by atoms with Gasteiger partial charge in [0.1, 0.15) is 5.82 Å². The van der Waals surface area contributed by atoms with Gasteiger partial charge in [0.25, 0.3) is 0 Å². The molecule has 7 heteroatoms. The molecule has 2 heterocycles. The Kier molecular flexibility index (Phi) is 6.51. The van der Waals surface area contributed by atoms with Crippen LogP contribution in [0.4, 0.5) is 11.5 Å². The molecule has 0 saturated heterocycles. The number of aliphatic hydroxyl groups is 5. The van der Waals surface area contributed by atoms with Crippen LogP contribution in [-0.4, -0.2) is 37.1 Å². The number of para-hydroxylation sites is 1. The van der Waals surface area contributed by atoms with Crippen LogP contribution < -0.4 is 4.90 Å². The van der Waals surface area contributed by atoms with Crippen molar-refractivity contribution in [3.63, 3.8) is 0 Å². The smallest absolute Gasteiger partial charge is 0.133 e. The van der Waals surface area contributed by atoms with Crippen molar-refractivity contribution in [1.29, 1.82) is 0 Å². The Morgan fingerprint density at radius 3 is 2.29 bits per heavy atom. The first kappa shape index (κ1) is 23.4. The Morgan fingerprint density at radius 2 is 1.54 bits per heavy atom. The van der Waals surface area contributed by atoms with Gasteiger partial charge >= 0.3 is 0 Å². The van der Waals surface area contributed by atoms with Gasteiger partial charge in [-0.05, 0) is 87.0 Å². The summed E-state index contributed by atoms with van der Waals surface area (Å²) in [4.78, 5) is 6.69. The number of hydrogen-bond donors (Lipinski definition) is 5. The number of anilines is 2. The molecule has 0 spiro atoms. The van der Waals surface area contributed by atoms with Gasteiger partial charge in [0.2, 0.25) is 0 Å². The molecule has 1 atom stereocenters. The second kappa shape index (κ2) is 9.73. The minimum absolute atomic E-state index is 0.211. The Hall–Kier alpha value is -3.33. The lowest BCUT2D eigenvalue weighted by Crippen LogP contribution is -2.27. The molecule has 1 aliphatic heterocycles. The van der Waals surface area contributed by atoms with E-state index in [0.717, 1.165) is 33.2 Å². The summed E-state index contributed by atoms with van der Waals surface area (Å²) in [5.74, 6) is 0.711. The molecule has 1 aliphatic rings. The normalized spacial score (nSPS) is 15.5. The van der Waals surface area contributed by atoms with Crippen LogP contribution in [-0.2, 0) is 26.4 Å². The maximum absolute atomic E-state index is 10.5. The summed E-state index contributed by atoms with van der Waals surface area (Å²) >= 11 is 0. The summed E-state index contributed by atoms with van der Waals surface area (Å²) in [6, 6.07) is 17.0. The standard InChI is InChI=1S/C28H28N2O5/c31-13-19-9-18-10-21(15-33)24(16-34)28(23(18)11-20(19)14-32)17-5-7-29-27(12-17)30-8-6-26(35)22-3-1-2-4-25(22)30/h1-5,7,9-12,26,31-35H,6,8,13-16H2/t26-/m0/s1. The lowest BCUT2D eigenvalue weighted by molar-refractivity contribution is 0.165. The third-order valence-corrected chi connectivity index (χ3v) is 6.85. The van der Waals surface area contributed by atoms with E-state index in [-0.39, 0.29) is 26.4 Å². The highest BCUT2D eigenvalue weighted by Gasteiger charge is 2.25. The number of rotatable bonds is 6. The molecular formula is C28H28N2O5. The molecule has 180 valence electrons. The maximum Gasteiger partial charge on any atom is 0.133 e. The van der Waals surface area contributed by atoms with Gasteiger partial charge in [-0.3, -0.25) is 0 Å². The Bertz CT molecular complexity index is 1380. The van der Waals surface area contributed by atoms with Crippen molar-refractivity contribution < 1.29 is 25.5 Å². The SMILES string of the molecule is OCc1cc2cc(CO)c(CO)c(-c3ccnc(N4CC[C@H](O)c5ccccc54)c3)c2cc1CO. The lowest BCUT2D eigenvalue weighted by atomic mass is 9.88. The molecule has 0 aliphatic carbocycles. The van der Waals surface area contributed by atoms with E-state index in [4.69, 9.17) is 0 Å². The van der Waals surface area contributed by atoms with Crippen LogP contribution in [0.25, 0.3) is 21.9 Å². The van der Waals surface area contributed by atoms with Crippen molar-refractivity contribution in [2.75, 3.05) is 11.4 Å². The number of nitrogens with zero attached hydrogens (tertiary/aromatic N) is 2. The molecule has 5 N–H and O–H groups in total. The maximum atomic E-state index is 10.5. The molecule has 0 bridgehead atoms. The van der Waals surface area contributed by atoms with Crippen molar-refractivity contribution in [2.45, 2.75) is 39.0 Å². The molecule has 0 amide bonds. The zero-order valence-electron chi connectivity index (χ0n) is 19.2. The number of fused-ring (bicyclic) bond motifs is 2. The van der Waals surface area contributed by atoms with Crippen LogP contribution in [0, 0.1) is 0 Å². The Labute approximate surface area is 203 Å². The van der Waals surface area contributed by atoms with Crippen molar-refractivity contribution in [3.05, 3.63) is 88.6 Å². The van der Waals surface area contributed by atoms with Crippen molar-refractivity contribution in [2.24, 2.45) is 0 Å². The predicted molar refractivity (Wildman–Crippen MR) is 134 cm³/mol. The third-order valence-electron chi connectivity index (χ3n) is 6.85. The van der Waals surface area contributed by atoms with Crippen LogP contribution in [0.5, 0.6) is 0 Å². The van der Waals surface area contributed by atoms with Crippen LogP contribution >= 0.6 is 0 Å². The topological polar surface area (TPSA) is 117 Å². The molecule has 7 nitrogen and oxygen atoms in total. The molecule has 0 saturated carbocycles. The molecule has 4 aromatic rings. The summed E-state index contributed by atoms with van der Waals surface area (Å²) in [6.45, 7) is -0.349. The predicted octanol–water partition coefficient (Wildman–Crippen LogP) is 3.45. The van der Waals surface area contributed by atoms with Gasteiger partial charge in [-0.25, -0.2) is 4.98 Å². The molecule has 5 rings (SSSR count). The molecular weight excluding hydrogens is 444 g/mol. The Balaban J connectivity index is 1.73. The molecule has 0 radical (unpaired) electrons. The fourth-order valence-corrected chi connectivity index (χ4v) is 5.09. The monoisotopic (exact) mass is 472 g/mol. The van der Waals surface area contributed by atoms with Crippen LogP contribution in [0.2, 0.25) is 0 Å². The first-order chi connectivity index (χ1) is 17.1. The van der Waals surface area contributed by atoms with E-state index in [1.54, 1.807) is 6.20 Å². The first-order valence-corrected chi connectivity index (χ1v) is 11.6. The number of aromatic nitrogens is 1. The van der Waals surface area contributed by atoms with Gasteiger partial charge in [-0.15, -0.1) is 0 Å². The third kappa shape index (κ3) is 4.07. The summed E-state index contributed by atoms with van der Waals surface area (Å²) < 4.78 is 0. The van der Waals surface area contributed by atoms with Gasteiger partial charge in [0.05, 0.1) is 32.5 Å². The van der Waals surface area contributed by atoms with Crippen LogP contribution in [0.3, 0.4) is 0 Å². The molecule has 1 aromatic heterocycles. The second-order valence-corrected chi connectivity index (χ2v) is 8.78. The minimum Gasteiger partial charge on any atom is -0.392 e. The van der Waals surface area contributed by atoms with Gasteiger partial charge < -0.3 is 30.4 Å². The van der Waals surface area contributed by atoms with E-state index < -0.39 is 6.10 Å². The van der Waals surface area contributed by atoms with Crippen molar-refractivity contribution in [1.82, 2.24) is 4.98 Å². The molecule has 35 heavy (non-hydrogen) atoms. The van der Waals surface area contributed by atoms with Gasteiger partial charge in [0, 0.05) is 24.0 Å². The lowest BCUT2D eigenvalue weighted by Gasteiger charge is -2.33. The average Bonchev–Trinajstić information content (AvgIpc) is 2.91. The fraction of sp³-hybridized carbons (Fsp3) is 0.250. The van der Waals surface area contributed by atoms with Gasteiger partial charge in [-0.2, -0.15) is 0 Å². The second-order valence-electron chi connectivity index (χ2n) is 8.78. The fourth-order valence-electron chi connectivity index (χ4n) is 5.09. The van der Waals surface area contributed by atoms with E-state index in [0.29, 0.717) is 41.0 Å².